The summed E-state index contributed by atoms with van der Waals surface area (Å²) in [5.41, 5.74) is 3.29. The quantitative estimate of drug-likeness (QED) is 0.593. The van der Waals surface area contributed by atoms with Crippen LogP contribution >= 0.6 is 0 Å². The Morgan fingerprint density at radius 2 is 1.96 bits per heavy atom. The van der Waals surface area contributed by atoms with E-state index in [2.05, 4.69) is 25.4 Å². The zero-order chi connectivity index (χ0) is 18.6. The molecule has 1 N–H and O–H groups in total. The van der Waals surface area contributed by atoms with Gasteiger partial charge in [0.15, 0.2) is 0 Å². The molecule has 0 fully saturated rings. The number of rotatable bonds is 5. The highest BCUT2D eigenvalue weighted by molar-refractivity contribution is 5.96. The number of aromatic nitrogens is 5. The van der Waals surface area contributed by atoms with Crippen LogP contribution in [0.5, 0.6) is 0 Å². The SMILES string of the molecule is CC(Cn1cncn1)NC(=O)c1ccc(-c2nccc3ncccc23)cc1. The molecule has 1 atom stereocenters. The average molecular weight is 358 g/mol. The highest BCUT2D eigenvalue weighted by atomic mass is 16.1. The molecule has 134 valence electrons. The molecule has 0 bridgehead atoms. The van der Waals surface area contributed by atoms with Gasteiger partial charge < -0.3 is 5.32 Å². The Hall–Kier alpha value is -3.61. The fourth-order valence-electron chi connectivity index (χ4n) is 2.97. The van der Waals surface area contributed by atoms with Crippen molar-refractivity contribution in [3.05, 3.63) is 73.1 Å². The number of carbonyl (C=O) groups is 1. The van der Waals surface area contributed by atoms with Gasteiger partial charge in [0, 0.05) is 34.9 Å². The molecule has 0 aliphatic carbocycles. The summed E-state index contributed by atoms with van der Waals surface area (Å²) in [6.45, 7) is 2.50. The molecule has 27 heavy (non-hydrogen) atoms. The minimum atomic E-state index is -0.123. The van der Waals surface area contributed by atoms with Gasteiger partial charge in [-0.3, -0.25) is 19.4 Å². The fraction of sp³-hybridized carbons (Fsp3) is 0.150. The van der Waals surface area contributed by atoms with E-state index in [1.807, 2.05) is 49.4 Å². The van der Waals surface area contributed by atoms with Gasteiger partial charge in [-0.25, -0.2) is 4.98 Å². The Balaban J connectivity index is 1.50. The third-order valence-corrected chi connectivity index (χ3v) is 4.26. The van der Waals surface area contributed by atoms with Gasteiger partial charge in [-0.15, -0.1) is 0 Å². The molecule has 0 spiro atoms. The van der Waals surface area contributed by atoms with E-state index in [0.717, 1.165) is 22.2 Å². The summed E-state index contributed by atoms with van der Waals surface area (Å²) < 4.78 is 1.69. The molecule has 0 aliphatic rings. The Morgan fingerprint density at radius 3 is 2.74 bits per heavy atom. The third-order valence-electron chi connectivity index (χ3n) is 4.26. The second-order valence-corrected chi connectivity index (χ2v) is 6.30. The summed E-state index contributed by atoms with van der Waals surface area (Å²) in [7, 11) is 0. The maximum absolute atomic E-state index is 12.5. The zero-order valence-corrected chi connectivity index (χ0v) is 14.8. The van der Waals surface area contributed by atoms with Crippen molar-refractivity contribution in [3.63, 3.8) is 0 Å². The van der Waals surface area contributed by atoms with E-state index in [1.165, 1.54) is 6.33 Å². The number of hydrogen-bond acceptors (Lipinski definition) is 5. The maximum Gasteiger partial charge on any atom is 0.251 e. The molecule has 0 aliphatic heterocycles. The van der Waals surface area contributed by atoms with E-state index in [-0.39, 0.29) is 11.9 Å². The van der Waals surface area contributed by atoms with Gasteiger partial charge >= 0.3 is 0 Å². The molecule has 0 radical (unpaired) electrons. The summed E-state index contributed by atoms with van der Waals surface area (Å²) in [6, 6.07) is 13.1. The lowest BCUT2D eigenvalue weighted by Gasteiger charge is -2.14. The first-order valence-electron chi connectivity index (χ1n) is 8.64. The van der Waals surface area contributed by atoms with Crippen LogP contribution in [0.4, 0.5) is 0 Å². The summed E-state index contributed by atoms with van der Waals surface area (Å²) >= 11 is 0. The van der Waals surface area contributed by atoms with Crippen molar-refractivity contribution in [1.82, 2.24) is 30.0 Å². The zero-order valence-electron chi connectivity index (χ0n) is 14.8. The molecule has 7 nitrogen and oxygen atoms in total. The number of amides is 1. The molecule has 7 heteroatoms. The highest BCUT2D eigenvalue weighted by Gasteiger charge is 2.12. The van der Waals surface area contributed by atoms with Gasteiger partial charge in [-0.05, 0) is 37.3 Å². The highest BCUT2D eigenvalue weighted by Crippen LogP contribution is 2.25. The second kappa shape index (κ2) is 7.33. The summed E-state index contributed by atoms with van der Waals surface area (Å²) in [5, 5.41) is 8.00. The summed E-state index contributed by atoms with van der Waals surface area (Å²) in [5.74, 6) is -0.123. The number of hydrogen-bond donors (Lipinski definition) is 1. The molecular weight excluding hydrogens is 340 g/mol. The molecule has 3 aromatic heterocycles. The van der Waals surface area contributed by atoms with Gasteiger partial charge in [0.2, 0.25) is 0 Å². The van der Waals surface area contributed by atoms with Crippen LogP contribution in [0, 0.1) is 0 Å². The van der Waals surface area contributed by atoms with E-state index in [0.29, 0.717) is 12.1 Å². The van der Waals surface area contributed by atoms with Crippen LogP contribution in [-0.2, 0) is 6.54 Å². The molecule has 4 rings (SSSR count). The topological polar surface area (TPSA) is 85.6 Å². The molecule has 0 saturated heterocycles. The first kappa shape index (κ1) is 16.8. The Kier molecular flexibility index (Phi) is 4.57. The summed E-state index contributed by atoms with van der Waals surface area (Å²) in [6.07, 6.45) is 6.62. The van der Waals surface area contributed by atoms with Crippen LogP contribution in [0.3, 0.4) is 0 Å². The van der Waals surface area contributed by atoms with E-state index >= 15 is 0 Å². The van der Waals surface area contributed by atoms with Gasteiger partial charge in [-0.1, -0.05) is 12.1 Å². The number of pyridine rings is 2. The lowest BCUT2D eigenvalue weighted by molar-refractivity contribution is 0.0936. The normalized spacial score (nSPS) is 12.0. The molecule has 4 aromatic rings. The van der Waals surface area contributed by atoms with Gasteiger partial charge in [-0.2, -0.15) is 5.10 Å². The lowest BCUT2D eigenvalue weighted by atomic mass is 10.0. The number of fused-ring (bicyclic) bond motifs is 1. The fourth-order valence-corrected chi connectivity index (χ4v) is 2.97. The molecular formula is C20H18N6O. The standard InChI is InChI=1S/C20H18N6O/c1-14(11-26-13-21-12-24-26)25-20(27)16-6-4-15(5-7-16)19-17-3-2-9-22-18(17)8-10-23-19/h2-10,12-14H,11H2,1H3,(H,25,27). The number of nitrogens with zero attached hydrogens (tertiary/aromatic N) is 5. The molecule has 1 unspecified atom stereocenters. The maximum atomic E-state index is 12.5. The average Bonchev–Trinajstić information content (AvgIpc) is 3.20. The number of benzene rings is 1. The smallest absolute Gasteiger partial charge is 0.251 e. The van der Waals surface area contributed by atoms with E-state index in [1.54, 1.807) is 23.4 Å². The van der Waals surface area contributed by atoms with Crippen molar-refractivity contribution >= 4 is 16.8 Å². The van der Waals surface area contributed by atoms with E-state index < -0.39 is 0 Å². The van der Waals surface area contributed by atoms with Crippen LogP contribution in [0.25, 0.3) is 22.2 Å². The Morgan fingerprint density at radius 1 is 1.11 bits per heavy atom. The van der Waals surface area contributed by atoms with Gasteiger partial charge in [0.1, 0.15) is 12.7 Å². The van der Waals surface area contributed by atoms with Crippen molar-refractivity contribution in [2.75, 3.05) is 0 Å². The Labute approximate surface area is 156 Å². The first-order valence-corrected chi connectivity index (χ1v) is 8.64. The molecule has 1 amide bonds. The van der Waals surface area contributed by atoms with Gasteiger partial charge in [0.25, 0.3) is 5.91 Å². The third kappa shape index (κ3) is 3.67. The van der Waals surface area contributed by atoms with Crippen LogP contribution in [0.1, 0.15) is 17.3 Å². The predicted molar refractivity (Wildman–Crippen MR) is 102 cm³/mol. The van der Waals surface area contributed by atoms with Crippen LogP contribution in [-0.4, -0.2) is 36.7 Å². The lowest BCUT2D eigenvalue weighted by Crippen LogP contribution is -2.35. The van der Waals surface area contributed by atoms with Gasteiger partial charge in [0.05, 0.1) is 17.8 Å². The van der Waals surface area contributed by atoms with E-state index in [9.17, 15) is 4.79 Å². The monoisotopic (exact) mass is 358 g/mol. The number of nitrogens with one attached hydrogen (secondary N) is 1. The molecule has 0 saturated carbocycles. The predicted octanol–water partition coefficient (Wildman–Crippen LogP) is 2.71. The first-order chi connectivity index (χ1) is 13.2. The minimum absolute atomic E-state index is 0.0651. The van der Waals surface area contributed by atoms with Crippen LogP contribution in [0.2, 0.25) is 0 Å². The molecule has 1 aromatic carbocycles. The minimum Gasteiger partial charge on any atom is -0.348 e. The van der Waals surface area contributed by atoms with Crippen molar-refractivity contribution in [3.8, 4) is 11.3 Å². The van der Waals surface area contributed by atoms with Crippen molar-refractivity contribution in [2.45, 2.75) is 19.5 Å². The molecule has 3 heterocycles. The number of carbonyl (C=O) groups excluding carboxylic acids is 1. The summed E-state index contributed by atoms with van der Waals surface area (Å²) in [4.78, 5) is 25.2. The van der Waals surface area contributed by atoms with Crippen LogP contribution in [0.15, 0.2) is 67.5 Å². The van der Waals surface area contributed by atoms with Crippen LogP contribution < -0.4 is 5.32 Å². The second-order valence-electron chi connectivity index (χ2n) is 6.30. The van der Waals surface area contributed by atoms with Crippen molar-refractivity contribution < 1.29 is 4.79 Å². The van der Waals surface area contributed by atoms with Crippen molar-refractivity contribution in [1.29, 1.82) is 0 Å². The Bertz CT molecular complexity index is 1050. The van der Waals surface area contributed by atoms with Crippen molar-refractivity contribution in [2.24, 2.45) is 0 Å². The largest absolute Gasteiger partial charge is 0.348 e. The van der Waals surface area contributed by atoms with E-state index in [4.69, 9.17) is 0 Å².